The van der Waals surface area contributed by atoms with Gasteiger partial charge in [0, 0.05) is 42.6 Å². The fourth-order valence-electron chi connectivity index (χ4n) is 2.90. The minimum atomic E-state index is -2.95. The standard InChI is InChI=1S/C18H20F2N2O3S/c1-11-4-3-5-15(21-11)24-13-6-8-22(9-7-13)17(23)16-14(25-18(19)20)10-12(2)26-16/h3-5,10,13,18H,6-9H2,1-2H3. The Morgan fingerprint density at radius 3 is 2.69 bits per heavy atom. The molecule has 3 heterocycles. The largest absolute Gasteiger partial charge is 0.474 e. The van der Waals surface area contributed by atoms with Gasteiger partial charge in [0.25, 0.3) is 5.91 Å². The number of rotatable bonds is 5. The van der Waals surface area contributed by atoms with E-state index >= 15 is 0 Å². The molecular weight excluding hydrogens is 362 g/mol. The summed E-state index contributed by atoms with van der Waals surface area (Å²) in [6.45, 7) is 1.71. The van der Waals surface area contributed by atoms with Crippen LogP contribution in [0.4, 0.5) is 8.78 Å². The molecular formula is C18H20F2N2O3S. The summed E-state index contributed by atoms with van der Waals surface area (Å²) >= 11 is 1.17. The SMILES string of the molecule is Cc1cccc(OC2CCN(C(=O)c3sc(C)cc3OC(F)F)CC2)n1. The minimum Gasteiger partial charge on any atom is -0.474 e. The molecule has 1 saturated heterocycles. The smallest absolute Gasteiger partial charge is 0.387 e. The number of alkyl halides is 2. The van der Waals surface area contributed by atoms with E-state index in [0.29, 0.717) is 31.8 Å². The summed E-state index contributed by atoms with van der Waals surface area (Å²) in [6, 6.07) is 7.08. The molecule has 8 heteroatoms. The number of thiophene rings is 1. The lowest BCUT2D eigenvalue weighted by atomic mass is 10.1. The third-order valence-corrected chi connectivity index (χ3v) is 5.13. The van der Waals surface area contributed by atoms with E-state index in [1.807, 2.05) is 25.1 Å². The zero-order chi connectivity index (χ0) is 18.7. The van der Waals surface area contributed by atoms with E-state index < -0.39 is 6.61 Å². The van der Waals surface area contributed by atoms with Gasteiger partial charge in [-0.25, -0.2) is 4.98 Å². The number of aryl methyl sites for hydroxylation is 2. The first kappa shape index (κ1) is 18.6. The molecule has 1 fully saturated rings. The summed E-state index contributed by atoms with van der Waals surface area (Å²) in [5.74, 6) is 0.261. The van der Waals surface area contributed by atoms with E-state index in [-0.39, 0.29) is 22.6 Å². The molecule has 1 amide bonds. The van der Waals surface area contributed by atoms with Gasteiger partial charge < -0.3 is 14.4 Å². The quantitative estimate of drug-likeness (QED) is 0.783. The average molecular weight is 382 g/mol. The maximum Gasteiger partial charge on any atom is 0.387 e. The number of carbonyl (C=O) groups excluding carboxylic acids is 1. The molecule has 2 aromatic rings. The van der Waals surface area contributed by atoms with E-state index in [2.05, 4.69) is 9.72 Å². The number of carbonyl (C=O) groups is 1. The fraction of sp³-hybridized carbons (Fsp3) is 0.444. The van der Waals surface area contributed by atoms with Crippen LogP contribution in [0.2, 0.25) is 0 Å². The van der Waals surface area contributed by atoms with Crippen LogP contribution in [-0.2, 0) is 0 Å². The van der Waals surface area contributed by atoms with Gasteiger partial charge in [0.2, 0.25) is 5.88 Å². The molecule has 1 aliphatic rings. The summed E-state index contributed by atoms with van der Waals surface area (Å²) in [6.07, 6.45) is 1.31. The highest BCUT2D eigenvalue weighted by Crippen LogP contribution is 2.32. The lowest BCUT2D eigenvalue weighted by Gasteiger charge is -2.31. The van der Waals surface area contributed by atoms with Gasteiger partial charge in [0.1, 0.15) is 16.7 Å². The van der Waals surface area contributed by atoms with Crippen LogP contribution in [0.3, 0.4) is 0 Å². The van der Waals surface area contributed by atoms with E-state index in [4.69, 9.17) is 4.74 Å². The molecule has 0 saturated carbocycles. The number of halogens is 2. The van der Waals surface area contributed by atoms with Crippen LogP contribution < -0.4 is 9.47 Å². The molecule has 0 atom stereocenters. The Bertz CT molecular complexity index is 774. The topological polar surface area (TPSA) is 51.7 Å². The Morgan fingerprint density at radius 2 is 2.04 bits per heavy atom. The van der Waals surface area contributed by atoms with Crippen molar-refractivity contribution in [2.75, 3.05) is 13.1 Å². The maximum atomic E-state index is 12.7. The molecule has 0 aromatic carbocycles. The second-order valence-electron chi connectivity index (χ2n) is 6.16. The molecule has 2 aromatic heterocycles. The minimum absolute atomic E-state index is 0.0183. The van der Waals surface area contributed by atoms with E-state index in [0.717, 1.165) is 10.6 Å². The molecule has 0 unspecified atom stereocenters. The lowest BCUT2D eigenvalue weighted by molar-refractivity contribution is -0.0499. The third kappa shape index (κ3) is 4.49. The van der Waals surface area contributed by atoms with Crippen LogP contribution in [0.1, 0.15) is 33.1 Å². The zero-order valence-electron chi connectivity index (χ0n) is 14.6. The highest BCUT2D eigenvalue weighted by molar-refractivity contribution is 7.14. The van der Waals surface area contributed by atoms with Crippen molar-refractivity contribution in [2.45, 2.75) is 39.4 Å². The summed E-state index contributed by atoms with van der Waals surface area (Å²) in [5, 5.41) is 0. The van der Waals surface area contributed by atoms with Crippen LogP contribution in [0.15, 0.2) is 24.3 Å². The molecule has 5 nitrogen and oxygen atoms in total. The Morgan fingerprint density at radius 1 is 1.31 bits per heavy atom. The van der Waals surface area contributed by atoms with Crippen molar-refractivity contribution in [1.82, 2.24) is 9.88 Å². The van der Waals surface area contributed by atoms with Crippen molar-refractivity contribution in [3.05, 3.63) is 39.7 Å². The van der Waals surface area contributed by atoms with Crippen molar-refractivity contribution in [2.24, 2.45) is 0 Å². The molecule has 26 heavy (non-hydrogen) atoms. The molecule has 0 bridgehead atoms. The van der Waals surface area contributed by atoms with Crippen LogP contribution in [0.5, 0.6) is 11.6 Å². The van der Waals surface area contributed by atoms with Gasteiger partial charge >= 0.3 is 6.61 Å². The first-order valence-electron chi connectivity index (χ1n) is 8.37. The zero-order valence-corrected chi connectivity index (χ0v) is 15.4. The van der Waals surface area contributed by atoms with Crippen molar-refractivity contribution in [1.29, 1.82) is 0 Å². The molecule has 1 aliphatic heterocycles. The highest BCUT2D eigenvalue weighted by atomic mass is 32.1. The first-order valence-corrected chi connectivity index (χ1v) is 9.19. The molecule has 0 N–H and O–H groups in total. The number of nitrogens with zero attached hydrogens (tertiary/aromatic N) is 2. The van der Waals surface area contributed by atoms with Gasteiger partial charge in [-0.15, -0.1) is 11.3 Å². The van der Waals surface area contributed by atoms with Crippen LogP contribution >= 0.6 is 11.3 Å². The Hall–Kier alpha value is -2.22. The van der Waals surface area contributed by atoms with Crippen LogP contribution in [0, 0.1) is 13.8 Å². The third-order valence-electron chi connectivity index (χ3n) is 4.11. The number of pyridine rings is 1. The van der Waals surface area contributed by atoms with Crippen LogP contribution in [0.25, 0.3) is 0 Å². The van der Waals surface area contributed by atoms with Crippen molar-refractivity contribution in [3.63, 3.8) is 0 Å². The van der Waals surface area contributed by atoms with Gasteiger partial charge in [-0.3, -0.25) is 4.79 Å². The highest BCUT2D eigenvalue weighted by Gasteiger charge is 2.28. The summed E-state index contributed by atoms with van der Waals surface area (Å²) in [7, 11) is 0. The Kier molecular flexibility index (Phi) is 5.70. The van der Waals surface area contributed by atoms with Crippen LogP contribution in [-0.4, -0.2) is 41.6 Å². The number of likely N-dealkylation sites (tertiary alicyclic amines) is 1. The molecule has 0 radical (unpaired) electrons. The van der Waals surface area contributed by atoms with Gasteiger partial charge in [-0.2, -0.15) is 8.78 Å². The molecule has 3 rings (SSSR count). The number of hydrogen-bond acceptors (Lipinski definition) is 5. The molecule has 0 spiro atoms. The van der Waals surface area contributed by atoms with Crippen molar-refractivity contribution < 1.29 is 23.0 Å². The summed E-state index contributed by atoms with van der Waals surface area (Å²) in [4.78, 5) is 19.6. The predicted molar refractivity (Wildman–Crippen MR) is 94.2 cm³/mol. The normalized spacial score (nSPS) is 15.3. The number of ether oxygens (including phenoxy) is 2. The van der Waals surface area contributed by atoms with Crippen molar-refractivity contribution >= 4 is 17.2 Å². The number of aromatic nitrogens is 1. The number of hydrogen-bond donors (Lipinski definition) is 0. The fourth-order valence-corrected chi connectivity index (χ4v) is 3.81. The van der Waals surface area contributed by atoms with E-state index in [9.17, 15) is 13.6 Å². The number of piperidine rings is 1. The first-order chi connectivity index (χ1) is 12.4. The Labute approximate surface area is 154 Å². The van der Waals surface area contributed by atoms with E-state index in [1.165, 1.54) is 17.4 Å². The molecule has 0 aliphatic carbocycles. The van der Waals surface area contributed by atoms with Crippen molar-refractivity contribution in [3.8, 4) is 11.6 Å². The predicted octanol–water partition coefficient (Wildman–Crippen LogP) is 4.04. The maximum absolute atomic E-state index is 12.7. The van der Waals surface area contributed by atoms with Gasteiger partial charge in [0.15, 0.2) is 0 Å². The number of amides is 1. The second kappa shape index (κ2) is 7.99. The van der Waals surface area contributed by atoms with E-state index in [1.54, 1.807) is 11.8 Å². The van der Waals surface area contributed by atoms with Gasteiger partial charge in [-0.1, -0.05) is 6.07 Å². The Balaban J connectivity index is 1.60. The summed E-state index contributed by atoms with van der Waals surface area (Å²) < 4.78 is 35.4. The summed E-state index contributed by atoms with van der Waals surface area (Å²) in [5.41, 5.74) is 0.884. The lowest BCUT2D eigenvalue weighted by Crippen LogP contribution is -2.41. The second-order valence-corrected chi connectivity index (χ2v) is 7.41. The average Bonchev–Trinajstić information content (AvgIpc) is 2.94. The monoisotopic (exact) mass is 382 g/mol. The van der Waals surface area contributed by atoms with Gasteiger partial charge in [0.05, 0.1) is 0 Å². The van der Waals surface area contributed by atoms with Gasteiger partial charge in [-0.05, 0) is 26.0 Å². The molecule has 140 valence electrons.